The Bertz CT molecular complexity index is 542. The van der Waals surface area contributed by atoms with Crippen molar-refractivity contribution in [2.45, 2.75) is 44.1 Å². The van der Waals surface area contributed by atoms with Gasteiger partial charge in [0.25, 0.3) is 0 Å². The normalized spacial score (nSPS) is 17.8. The van der Waals surface area contributed by atoms with E-state index >= 15 is 0 Å². The van der Waals surface area contributed by atoms with E-state index in [1.165, 1.54) is 30.6 Å². The Morgan fingerprint density at radius 1 is 1.30 bits per heavy atom. The van der Waals surface area contributed by atoms with Gasteiger partial charge in [0.05, 0.1) is 12.0 Å². The zero-order valence-corrected chi connectivity index (χ0v) is 12.2. The maximum atomic E-state index is 12.3. The van der Waals surface area contributed by atoms with Crippen LogP contribution >= 0.6 is 11.3 Å². The fraction of sp³-hybridized carbons (Fsp3) is 0.467. The van der Waals surface area contributed by atoms with Crippen LogP contribution in [0.3, 0.4) is 0 Å². The summed E-state index contributed by atoms with van der Waals surface area (Å²) in [6, 6.07) is 4.07. The lowest BCUT2D eigenvalue weighted by molar-refractivity contribution is -0.118. The molecule has 0 saturated heterocycles. The topological polar surface area (TPSA) is 46.9 Å². The van der Waals surface area contributed by atoms with Crippen molar-refractivity contribution in [1.82, 2.24) is 9.55 Å². The Morgan fingerprint density at radius 2 is 2.05 bits per heavy atom. The molecular weight excluding hydrogens is 270 g/mol. The van der Waals surface area contributed by atoms with Crippen molar-refractivity contribution in [3.8, 4) is 0 Å². The molecule has 0 bridgehead atoms. The van der Waals surface area contributed by atoms with Crippen molar-refractivity contribution in [1.29, 1.82) is 0 Å². The Labute approximate surface area is 122 Å². The summed E-state index contributed by atoms with van der Waals surface area (Å²) in [7, 11) is 0. The summed E-state index contributed by atoms with van der Waals surface area (Å²) in [6.45, 7) is 0. The van der Waals surface area contributed by atoms with Gasteiger partial charge in [-0.05, 0) is 25.0 Å². The van der Waals surface area contributed by atoms with E-state index in [0.29, 0.717) is 11.6 Å². The van der Waals surface area contributed by atoms with Crippen LogP contribution in [-0.2, 0) is 10.3 Å². The molecule has 2 aromatic heterocycles. The van der Waals surface area contributed by atoms with Crippen molar-refractivity contribution >= 4 is 22.4 Å². The van der Waals surface area contributed by atoms with E-state index in [1.54, 1.807) is 6.20 Å². The summed E-state index contributed by atoms with van der Waals surface area (Å²) in [6.07, 6.45) is 12.2. The van der Waals surface area contributed by atoms with Crippen LogP contribution in [0.15, 0.2) is 36.1 Å². The fourth-order valence-corrected chi connectivity index (χ4v) is 3.68. The SMILES string of the molecule is O=C(CC1(n2cccc2)CCCCC1)Nc1nccs1. The summed E-state index contributed by atoms with van der Waals surface area (Å²) >= 11 is 1.46. The summed E-state index contributed by atoms with van der Waals surface area (Å²) in [5, 5.41) is 5.47. The molecule has 20 heavy (non-hydrogen) atoms. The average Bonchev–Trinajstić information content (AvgIpc) is 3.12. The van der Waals surface area contributed by atoms with Gasteiger partial charge in [0.15, 0.2) is 5.13 Å². The summed E-state index contributed by atoms with van der Waals surface area (Å²) in [4.78, 5) is 16.4. The molecule has 2 aromatic rings. The molecule has 5 heteroatoms. The van der Waals surface area contributed by atoms with E-state index in [4.69, 9.17) is 0 Å². The van der Waals surface area contributed by atoms with Crippen molar-refractivity contribution < 1.29 is 4.79 Å². The third-order valence-electron chi connectivity index (χ3n) is 4.10. The molecule has 4 nitrogen and oxygen atoms in total. The number of thiazole rings is 1. The van der Waals surface area contributed by atoms with Crippen LogP contribution in [-0.4, -0.2) is 15.5 Å². The predicted molar refractivity (Wildman–Crippen MR) is 80.9 cm³/mol. The van der Waals surface area contributed by atoms with Crippen LogP contribution in [0.2, 0.25) is 0 Å². The second-order valence-corrected chi connectivity index (χ2v) is 6.33. The quantitative estimate of drug-likeness (QED) is 0.934. The second-order valence-electron chi connectivity index (χ2n) is 5.44. The summed E-state index contributed by atoms with van der Waals surface area (Å²) in [5.41, 5.74) is -0.0525. The molecule has 0 spiro atoms. The van der Waals surface area contributed by atoms with Gasteiger partial charge in [0.2, 0.25) is 5.91 Å². The highest BCUT2D eigenvalue weighted by molar-refractivity contribution is 7.13. The first-order valence-corrected chi connectivity index (χ1v) is 7.99. The Hall–Kier alpha value is -1.62. The molecule has 0 radical (unpaired) electrons. The van der Waals surface area contributed by atoms with Gasteiger partial charge in [-0.15, -0.1) is 11.3 Å². The first kappa shape index (κ1) is 13.4. The van der Waals surface area contributed by atoms with Gasteiger partial charge in [0.1, 0.15) is 0 Å². The third-order valence-corrected chi connectivity index (χ3v) is 4.79. The van der Waals surface area contributed by atoms with Crippen LogP contribution in [0.5, 0.6) is 0 Å². The Balaban J connectivity index is 1.75. The summed E-state index contributed by atoms with van der Waals surface area (Å²) in [5.74, 6) is 0.0653. The molecule has 0 aliphatic heterocycles. The van der Waals surface area contributed by atoms with Crippen molar-refractivity contribution in [2.75, 3.05) is 5.32 Å². The molecule has 1 fully saturated rings. The van der Waals surface area contributed by atoms with Crippen LogP contribution in [0.4, 0.5) is 5.13 Å². The van der Waals surface area contributed by atoms with Crippen molar-refractivity contribution in [3.63, 3.8) is 0 Å². The molecular formula is C15H19N3OS. The number of carbonyl (C=O) groups is 1. The van der Waals surface area contributed by atoms with Crippen molar-refractivity contribution in [3.05, 3.63) is 36.1 Å². The first-order chi connectivity index (χ1) is 9.78. The lowest BCUT2D eigenvalue weighted by Gasteiger charge is -2.38. The molecule has 3 rings (SSSR count). The van der Waals surface area contributed by atoms with Crippen LogP contribution in [0.1, 0.15) is 38.5 Å². The number of aromatic nitrogens is 2. The van der Waals surface area contributed by atoms with Gasteiger partial charge in [0, 0.05) is 24.0 Å². The highest BCUT2D eigenvalue weighted by Crippen LogP contribution is 2.38. The highest BCUT2D eigenvalue weighted by atomic mass is 32.1. The molecule has 1 N–H and O–H groups in total. The average molecular weight is 289 g/mol. The molecule has 1 aliphatic rings. The number of nitrogens with zero attached hydrogens (tertiary/aromatic N) is 2. The summed E-state index contributed by atoms with van der Waals surface area (Å²) < 4.78 is 2.23. The lowest BCUT2D eigenvalue weighted by atomic mass is 9.79. The maximum Gasteiger partial charge on any atom is 0.228 e. The van der Waals surface area contributed by atoms with Gasteiger partial charge < -0.3 is 9.88 Å². The molecule has 2 heterocycles. The van der Waals surface area contributed by atoms with Gasteiger partial charge in [-0.25, -0.2) is 4.98 Å². The van der Waals surface area contributed by atoms with E-state index in [9.17, 15) is 4.79 Å². The van der Waals surface area contributed by atoms with Gasteiger partial charge >= 0.3 is 0 Å². The minimum atomic E-state index is -0.0525. The molecule has 1 amide bonds. The lowest BCUT2D eigenvalue weighted by Crippen LogP contribution is -2.38. The number of hydrogen-bond donors (Lipinski definition) is 1. The molecule has 0 unspecified atom stereocenters. The van der Waals surface area contributed by atoms with Crippen LogP contribution in [0, 0.1) is 0 Å². The zero-order valence-electron chi connectivity index (χ0n) is 11.4. The number of amides is 1. The van der Waals surface area contributed by atoms with E-state index < -0.39 is 0 Å². The number of carbonyl (C=O) groups excluding carboxylic acids is 1. The van der Waals surface area contributed by atoms with E-state index in [2.05, 4.69) is 27.3 Å². The Kier molecular flexibility index (Phi) is 3.87. The van der Waals surface area contributed by atoms with E-state index in [-0.39, 0.29) is 11.4 Å². The monoisotopic (exact) mass is 289 g/mol. The second kappa shape index (κ2) is 5.79. The standard InChI is InChI=1S/C15H19N3OS/c19-13(17-14-16-8-11-20-14)12-15(6-2-1-3-7-15)18-9-4-5-10-18/h4-5,8-11H,1-3,6-7,12H2,(H,16,17,19). The largest absolute Gasteiger partial charge is 0.348 e. The number of anilines is 1. The fourth-order valence-electron chi connectivity index (χ4n) is 3.13. The highest BCUT2D eigenvalue weighted by Gasteiger charge is 2.35. The number of hydrogen-bond acceptors (Lipinski definition) is 3. The zero-order chi connectivity index (χ0) is 13.8. The molecule has 1 saturated carbocycles. The van der Waals surface area contributed by atoms with Gasteiger partial charge in [-0.1, -0.05) is 19.3 Å². The van der Waals surface area contributed by atoms with Crippen LogP contribution < -0.4 is 5.32 Å². The Morgan fingerprint density at radius 3 is 2.70 bits per heavy atom. The van der Waals surface area contributed by atoms with Gasteiger partial charge in [-0.2, -0.15) is 0 Å². The number of rotatable bonds is 4. The third kappa shape index (κ3) is 2.77. The predicted octanol–water partition coefficient (Wildman–Crippen LogP) is 3.63. The minimum absolute atomic E-state index is 0.0525. The maximum absolute atomic E-state index is 12.3. The van der Waals surface area contributed by atoms with E-state index in [1.807, 2.05) is 17.5 Å². The first-order valence-electron chi connectivity index (χ1n) is 7.11. The molecule has 1 aliphatic carbocycles. The minimum Gasteiger partial charge on any atom is -0.348 e. The molecule has 0 aromatic carbocycles. The van der Waals surface area contributed by atoms with Gasteiger partial charge in [-0.3, -0.25) is 4.79 Å². The molecule has 106 valence electrons. The number of nitrogens with one attached hydrogen (secondary N) is 1. The van der Waals surface area contributed by atoms with Crippen LogP contribution in [0.25, 0.3) is 0 Å². The molecule has 0 atom stereocenters. The van der Waals surface area contributed by atoms with E-state index in [0.717, 1.165) is 12.8 Å². The van der Waals surface area contributed by atoms with Crippen molar-refractivity contribution in [2.24, 2.45) is 0 Å². The smallest absolute Gasteiger partial charge is 0.228 e.